The molecule has 7 nitrogen and oxygen atoms in total. The number of hydrogen-bond donors (Lipinski definition) is 0. The van der Waals surface area contributed by atoms with Gasteiger partial charge in [-0.25, -0.2) is 8.42 Å². The van der Waals surface area contributed by atoms with Crippen molar-refractivity contribution in [1.29, 1.82) is 0 Å². The Morgan fingerprint density at radius 1 is 1.38 bits per heavy atom. The predicted molar refractivity (Wildman–Crippen MR) is 75.3 cm³/mol. The van der Waals surface area contributed by atoms with Gasteiger partial charge in [-0.15, -0.1) is 0 Å². The van der Waals surface area contributed by atoms with Gasteiger partial charge in [-0.2, -0.15) is 4.31 Å². The van der Waals surface area contributed by atoms with E-state index >= 15 is 0 Å². The van der Waals surface area contributed by atoms with Crippen molar-refractivity contribution in [3.05, 3.63) is 34.4 Å². The van der Waals surface area contributed by atoms with Crippen LogP contribution in [-0.2, 0) is 14.8 Å². The van der Waals surface area contributed by atoms with Crippen LogP contribution in [0.3, 0.4) is 0 Å². The first-order chi connectivity index (χ1) is 9.82. The lowest BCUT2D eigenvalue weighted by molar-refractivity contribution is -0.384. The highest BCUT2D eigenvalue weighted by molar-refractivity contribution is 7.89. The average molecular weight is 312 g/mol. The Kier molecular flexibility index (Phi) is 4.38. The lowest BCUT2D eigenvalue weighted by Crippen LogP contribution is -2.36. The van der Waals surface area contributed by atoms with Crippen LogP contribution < -0.4 is 0 Å². The largest absolute Gasteiger partial charge is 0.300 e. The second-order valence-electron chi connectivity index (χ2n) is 5.07. The van der Waals surface area contributed by atoms with Gasteiger partial charge in [-0.1, -0.05) is 0 Å². The number of sulfonamides is 1. The molecule has 1 fully saturated rings. The number of nitro benzene ring substituents is 1. The molecule has 0 spiro atoms. The second kappa shape index (κ2) is 5.90. The van der Waals surface area contributed by atoms with Gasteiger partial charge in [0.1, 0.15) is 5.78 Å². The van der Waals surface area contributed by atoms with Crippen molar-refractivity contribution in [2.24, 2.45) is 0 Å². The van der Waals surface area contributed by atoms with Gasteiger partial charge < -0.3 is 0 Å². The van der Waals surface area contributed by atoms with Crippen LogP contribution >= 0.6 is 0 Å². The van der Waals surface area contributed by atoms with E-state index < -0.39 is 14.9 Å². The molecule has 21 heavy (non-hydrogen) atoms. The smallest absolute Gasteiger partial charge is 0.269 e. The number of nitro groups is 1. The van der Waals surface area contributed by atoms with Gasteiger partial charge in [0.05, 0.1) is 9.82 Å². The first kappa shape index (κ1) is 15.6. The molecule has 0 aliphatic carbocycles. The number of Topliss-reactive ketones (excluding diaryl/α,β-unsaturated/α-hetero) is 1. The Balaban J connectivity index is 2.28. The van der Waals surface area contributed by atoms with Gasteiger partial charge in [-0.05, 0) is 31.9 Å². The number of rotatable bonds is 5. The summed E-state index contributed by atoms with van der Waals surface area (Å²) >= 11 is 0. The van der Waals surface area contributed by atoms with E-state index in [0.717, 1.165) is 0 Å². The summed E-state index contributed by atoms with van der Waals surface area (Å²) in [5, 5.41) is 10.6. The molecule has 0 bridgehead atoms. The van der Waals surface area contributed by atoms with E-state index in [-0.39, 0.29) is 28.8 Å². The van der Waals surface area contributed by atoms with Crippen LogP contribution in [0.25, 0.3) is 0 Å². The highest BCUT2D eigenvalue weighted by Gasteiger charge is 2.35. The zero-order chi connectivity index (χ0) is 15.6. The molecule has 8 heteroatoms. The minimum absolute atomic E-state index is 0.0172. The zero-order valence-corrected chi connectivity index (χ0v) is 12.4. The number of carbonyl (C=O) groups is 1. The van der Waals surface area contributed by atoms with Crippen molar-refractivity contribution in [2.75, 3.05) is 6.54 Å². The second-order valence-corrected chi connectivity index (χ2v) is 6.96. The quantitative estimate of drug-likeness (QED) is 0.609. The molecule has 1 aromatic rings. The fourth-order valence-electron chi connectivity index (χ4n) is 2.54. The maximum Gasteiger partial charge on any atom is 0.269 e. The maximum absolute atomic E-state index is 12.6. The molecule has 0 amide bonds. The molecule has 0 N–H and O–H groups in total. The molecule has 1 aliphatic heterocycles. The van der Waals surface area contributed by atoms with Crippen molar-refractivity contribution in [2.45, 2.75) is 37.1 Å². The molecule has 1 atom stereocenters. The normalized spacial score (nSPS) is 19.6. The summed E-state index contributed by atoms with van der Waals surface area (Å²) in [6.45, 7) is 1.81. The van der Waals surface area contributed by atoms with Gasteiger partial charge in [0.25, 0.3) is 5.69 Å². The Labute approximate surface area is 122 Å². The van der Waals surface area contributed by atoms with E-state index in [4.69, 9.17) is 0 Å². The molecule has 114 valence electrons. The number of nitrogens with zero attached hydrogens (tertiary/aromatic N) is 2. The van der Waals surface area contributed by atoms with Crippen LogP contribution in [0.4, 0.5) is 5.69 Å². The third kappa shape index (κ3) is 3.27. The third-order valence-corrected chi connectivity index (χ3v) is 5.47. The van der Waals surface area contributed by atoms with Crippen LogP contribution in [-0.4, -0.2) is 36.0 Å². The molecule has 1 heterocycles. The molecule has 1 saturated heterocycles. The van der Waals surface area contributed by atoms with Crippen LogP contribution in [0.5, 0.6) is 0 Å². The number of non-ortho nitro benzene ring substituents is 1. The van der Waals surface area contributed by atoms with Gasteiger partial charge in [0, 0.05) is 31.1 Å². The molecule has 2 rings (SSSR count). The van der Waals surface area contributed by atoms with E-state index in [2.05, 4.69) is 0 Å². The van der Waals surface area contributed by atoms with Crippen molar-refractivity contribution in [3.8, 4) is 0 Å². The molecular weight excluding hydrogens is 296 g/mol. The van der Waals surface area contributed by atoms with Gasteiger partial charge >= 0.3 is 0 Å². The molecule has 0 aromatic heterocycles. The highest BCUT2D eigenvalue weighted by atomic mass is 32.2. The number of hydrogen-bond acceptors (Lipinski definition) is 5. The summed E-state index contributed by atoms with van der Waals surface area (Å²) in [5.74, 6) is -0.0502. The first-order valence-corrected chi connectivity index (χ1v) is 8.02. The summed E-state index contributed by atoms with van der Waals surface area (Å²) in [4.78, 5) is 21.3. The van der Waals surface area contributed by atoms with Crippen molar-refractivity contribution < 1.29 is 18.1 Å². The summed E-state index contributed by atoms with van der Waals surface area (Å²) in [5.41, 5.74) is -0.157. The average Bonchev–Trinajstić information content (AvgIpc) is 2.86. The summed E-state index contributed by atoms with van der Waals surface area (Å²) in [6, 6.07) is 4.49. The van der Waals surface area contributed by atoms with Crippen molar-refractivity contribution in [1.82, 2.24) is 4.31 Å². The van der Waals surface area contributed by atoms with Crippen LogP contribution in [0.15, 0.2) is 29.2 Å². The summed E-state index contributed by atoms with van der Waals surface area (Å²) < 4.78 is 26.4. The van der Waals surface area contributed by atoms with Gasteiger partial charge in [-0.3, -0.25) is 14.9 Å². The Hall–Kier alpha value is -1.80. The molecule has 1 aromatic carbocycles. The van der Waals surface area contributed by atoms with E-state index in [1.165, 1.54) is 35.5 Å². The Morgan fingerprint density at radius 3 is 2.52 bits per heavy atom. The van der Waals surface area contributed by atoms with Crippen LogP contribution in [0, 0.1) is 10.1 Å². The lowest BCUT2D eigenvalue weighted by atomic mass is 10.1. The molecular formula is C13H16N2O5S. The van der Waals surface area contributed by atoms with Gasteiger partial charge in [0.2, 0.25) is 10.0 Å². The standard InChI is InChI=1S/C13H16N2O5S/c1-10(16)9-12-3-2-8-14(12)21(19,20)13-6-4-11(5-7-13)15(17)18/h4-7,12H,2-3,8-9H2,1H3. The predicted octanol–water partition coefficient (Wildman–Crippen LogP) is 1.73. The maximum atomic E-state index is 12.6. The third-order valence-electron chi connectivity index (χ3n) is 3.50. The summed E-state index contributed by atoms with van der Waals surface area (Å²) in [6.07, 6.45) is 1.57. The number of ketones is 1. The SMILES string of the molecule is CC(=O)CC1CCCN1S(=O)(=O)c1ccc([N+](=O)[O-])cc1. The van der Waals surface area contributed by atoms with Crippen LogP contribution in [0.1, 0.15) is 26.2 Å². The number of benzene rings is 1. The molecule has 1 unspecified atom stereocenters. The fourth-order valence-corrected chi connectivity index (χ4v) is 4.23. The number of carbonyl (C=O) groups excluding carboxylic acids is 1. The Morgan fingerprint density at radius 2 is 2.00 bits per heavy atom. The highest BCUT2D eigenvalue weighted by Crippen LogP contribution is 2.28. The fraction of sp³-hybridized carbons (Fsp3) is 0.462. The van der Waals surface area contributed by atoms with Crippen LogP contribution in [0.2, 0.25) is 0 Å². The van der Waals surface area contributed by atoms with E-state index in [9.17, 15) is 23.3 Å². The monoisotopic (exact) mass is 312 g/mol. The topological polar surface area (TPSA) is 97.6 Å². The lowest BCUT2D eigenvalue weighted by Gasteiger charge is -2.23. The van der Waals surface area contributed by atoms with E-state index in [0.29, 0.717) is 19.4 Å². The van der Waals surface area contributed by atoms with Crippen molar-refractivity contribution >= 4 is 21.5 Å². The van der Waals surface area contributed by atoms with Gasteiger partial charge in [0.15, 0.2) is 0 Å². The van der Waals surface area contributed by atoms with Crippen molar-refractivity contribution in [3.63, 3.8) is 0 Å². The minimum Gasteiger partial charge on any atom is -0.300 e. The zero-order valence-electron chi connectivity index (χ0n) is 11.6. The molecule has 0 saturated carbocycles. The first-order valence-electron chi connectivity index (χ1n) is 6.58. The summed E-state index contributed by atoms with van der Waals surface area (Å²) in [7, 11) is -3.72. The Bertz CT molecular complexity index is 654. The van der Waals surface area contributed by atoms with E-state index in [1.807, 2.05) is 0 Å². The molecule has 1 aliphatic rings. The van der Waals surface area contributed by atoms with E-state index in [1.54, 1.807) is 0 Å². The minimum atomic E-state index is -3.72. The molecule has 0 radical (unpaired) electrons.